The molecule has 132 valence electrons. The second kappa shape index (κ2) is 8.02. The summed E-state index contributed by atoms with van der Waals surface area (Å²) in [5.41, 5.74) is 1.14. The number of benzene rings is 2. The Bertz CT molecular complexity index is 908. The first-order chi connectivity index (χ1) is 12.7. The predicted molar refractivity (Wildman–Crippen MR) is 91.5 cm³/mol. The predicted octanol–water partition coefficient (Wildman–Crippen LogP) is 1.77. The number of ether oxygens (including phenoxy) is 2. The van der Waals surface area contributed by atoms with E-state index in [1.165, 1.54) is 7.11 Å². The van der Waals surface area contributed by atoms with Crippen LogP contribution in [-0.2, 0) is 16.1 Å². The van der Waals surface area contributed by atoms with E-state index >= 15 is 0 Å². The van der Waals surface area contributed by atoms with Gasteiger partial charge in [-0.2, -0.15) is 4.80 Å². The third kappa shape index (κ3) is 4.10. The van der Waals surface area contributed by atoms with Gasteiger partial charge in [-0.05, 0) is 17.3 Å². The van der Waals surface area contributed by atoms with Crippen molar-refractivity contribution >= 4 is 11.8 Å². The van der Waals surface area contributed by atoms with E-state index in [0.717, 1.165) is 10.4 Å². The molecule has 0 radical (unpaired) electrons. The molecule has 0 spiro atoms. The Morgan fingerprint density at radius 3 is 2.54 bits per heavy atom. The van der Waals surface area contributed by atoms with Crippen molar-refractivity contribution in [3.8, 4) is 17.1 Å². The number of carbonyl (C=O) groups excluding carboxylic acids is 2. The highest BCUT2D eigenvalue weighted by Gasteiger charge is 2.15. The van der Waals surface area contributed by atoms with Crippen LogP contribution in [0.15, 0.2) is 54.6 Å². The Morgan fingerprint density at radius 2 is 1.77 bits per heavy atom. The van der Waals surface area contributed by atoms with Crippen molar-refractivity contribution in [1.82, 2.24) is 20.2 Å². The number of methoxy groups -OCH3 is 1. The summed E-state index contributed by atoms with van der Waals surface area (Å²) in [6.07, 6.45) is 0. The molecule has 8 nitrogen and oxygen atoms in total. The van der Waals surface area contributed by atoms with Crippen molar-refractivity contribution in [3.05, 3.63) is 60.2 Å². The first-order valence-electron chi connectivity index (χ1n) is 7.82. The summed E-state index contributed by atoms with van der Waals surface area (Å²) in [5, 5.41) is 11.8. The molecule has 8 heteroatoms. The molecule has 0 aliphatic heterocycles. The zero-order valence-corrected chi connectivity index (χ0v) is 14.0. The van der Waals surface area contributed by atoms with E-state index in [1.54, 1.807) is 24.3 Å². The normalized spacial score (nSPS) is 10.3. The van der Waals surface area contributed by atoms with Gasteiger partial charge in [-0.15, -0.1) is 10.2 Å². The maximum atomic E-state index is 12.2. The zero-order chi connectivity index (χ0) is 18.4. The van der Waals surface area contributed by atoms with E-state index in [2.05, 4.69) is 15.4 Å². The Kier molecular flexibility index (Phi) is 5.33. The molecule has 26 heavy (non-hydrogen) atoms. The molecule has 0 N–H and O–H groups in total. The molecule has 0 amide bonds. The number of Topliss-reactive ketones (excluding diaryl/α,β-unsaturated/α-hetero) is 1. The van der Waals surface area contributed by atoms with E-state index in [4.69, 9.17) is 9.47 Å². The number of tetrazole rings is 1. The maximum Gasteiger partial charge on any atom is 0.330 e. The van der Waals surface area contributed by atoms with Gasteiger partial charge in [0.1, 0.15) is 5.75 Å². The number of para-hydroxylation sites is 1. The second-order valence-corrected chi connectivity index (χ2v) is 5.29. The highest BCUT2D eigenvalue weighted by molar-refractivity contribution is 6.00. The summed E-state index contributed by atoms with van der Waals surface area (Å²) in [5.74, 6) is -0.153. The van der Waals surface area contributed by atoms with Crippen molar-refractivity contribution in [1.29, 1.82) is 0 Å². The highest BCUT2D eigenvalue weighted by atomic mass is 16.5. The van der Waals surface area contributed by atoms with Crippen LogP contribution in [0.1, 0.15) is 10.4 Å². The molecule has 0 aliphatic rings. The van der Waals surface area contributed by atoms with E-state index in [-0.39, 0.29) is 18.9 Å². The fourth-order valence-corrected chi connectivity index (χ4v) is 2.27. The van der Waals surface area contributed by atoms with Crippen molar-refractivity contribution in [2.45, 2.75) is 6.54 Å². The minimum absolute atomic E-state index is 0.237. The van der Waals surface area contributed by atoms with Gasteiger partial charge in [0.25, 0.3) is 0 Å². The van der Waals surface area contributed by atoms with Gasteiger partial charge < -0.3 is 9.47 Å². The number of esters is 1. The molecule has 0 unspecified atom stereocenters. The second-order valence-electron chi connectivity index (χ2n) is 5.29. The van der Waals surface area contributed by atoms with Crippen LogP contribution in [0.2, 0.25) is 0 Å². The smallest absolute Gasteiger partial charge is 0.330 e. The van der Waals surface area contributed by atoms with Gasteiger partial charge >= 0.3 is 5.97 Å². The number of hydrogen-bond acceptors (Lipinski definition) is 7. The van der Waals surface area contributed by atoms with Crippen LogP contribution >= 0.6 is 0 Å². The summed E-state index contributed by atoms with van der Waals surface area (Å²) in [6.45, 7) is -0.627. The molecule has 2 aromatic carbocycles. The average Bonchev–Trinajstić information content (AvgIpc) is 3.15. The molecule has 0 saturated heterocycles. The first kappa shape index (κ1) is 17.3. The zero-order valence-electron chi connectivity index (χ0n) is 14.0. The average molecular weight is 352 g/mol. The maximum absolute atomic E-state index is 12.2. The lowest BCUT2D eigenvalue weighted by Gasteiger charge is -2.07. The molecule has 3 aromatic rings. The lowest BCUT2D eigenvalue weighted by molar-refractivity contribution is -0.143. The summed E-state index contributed by atoms with van der Waals surface area (Å²) < 4.78 is 10.1. The van der Waals surface area contributed by atoms with E-state index in [1.807, 2.05) is 30.3 Å². The number of hydrogen-bond donors (Lipinski definition) is 0. The van der Waals surface area contributed by atoms with Gasteiger partial charge in [-0.25, -0.2) is 4.79 Å². The van der Waals surface area contributed by atoms with Crippen LogP contribution in [0.5, 0.6) is 5.75 Å². The van der Waals surface area contributed by atoms with Crippen LogP contribution < -0.4 is 4.74 Å². The molecule has 0 atom stereocenters. The number of ketones is 1. The Morgan fingerprint density at radius 1 is 1.04 bits per heavy atom. The summed E-state index contributed by atoms with van der Waals surface area (Å²) in [7, 11) is 1.47. The molecule has 3 rings (SSSR count). The summed E-state index contributed by atoms with van der Waals surface area (Å²) in [6, 6.07) is 16.0. The molecule has 0 fully saturated rings. The number of rotatable bonds is 7. The standard InChI is InChI=1S/C18H16N4O4/c1-25-16-10-6-5-9-14(16)15(23)12-26-17(24)11-22-20-18(19-21-22)13-7-3-2-4-8-13/h2-10H,11-12H2,1H3. The fraction of sp³-hybridized carbons (Fsp3) is 0.167. The fourth-order valence-electron chi connectivity index (χ4n) is 2.27. The minimum atomic E-state index is -0.634. The van der Waals surface area contributed by atoms with Crippen molar-refractivity contribution in [2.75, 3.05) is 13.7 Å². The van der Waals surface area contributed by atoms with Gasteiger partial charge in [0, 0.05) is 5.56 Å². The minimum Gasteiger partial charge on any atom is -0.496 e. The van der Waals surface area contributed by atoms with Gasteiger partial charge in [0.05, 0.1) is 12.7 Å². The molecule has 1 heterocycles. The van der Waals surface area contributed by atoms with Crippen molar-refractivity contribution in [3.63, 3.8) is 0 Å². The summed E-state index contributed by atoms with van der Waals surface area (Å²) >= 11 is 0. The van der Waals surface area contributed by atoms with Crippen LogP contribution in [0.3, 0.4) is 0 Å². The Labute approximate surface area is 149 Å². The van der Waals surface area contributed by atoms with Gasteiger partial charge in [0.2, 0.25) is 11.6 Å². The van der Waals surface area contributed by atoms with Crippen LogP contribution in [0.25, 0.3) is 11.4 Å². The molecular weight excluding hydrogens is 336 g/mol. The lowest BCUT2D eigenvalue weighted by atomic mass is 10.1. The quantitative estimate of drug-likeness (QED) is 0.472. The molecule has 0 bridgehead atoms. The Balaban J connectivity index is 1.56. The van der Waals surface area contributed by atoms with Gasteiger partial charge in [0.15, 0.2) is 13.2 Å². The van der Waals surface area contributed by atoms with Gasteiger partial charge in [-0.1, -0.05) is 42.5 Å². The van der Waals surface area contributed by atoms with Crippen molar-refractivity contribution < 1.29 is 19.1 Å². The van der Waals surface area contributed by atoms with Crippen LogP contribution in [0.4, 0.5) is 0 Å². The number of carbonyl (C=O) groups is 2. The van der Waals surface area contributed by atoms with E-state index < -0.39 is 5.97 Å². The first-order valence-corrected chi connectivity index (χ1v) is 7.82. The third-order valence-electron chi connectivity index (χ3n) is 3.53. The lowest BCUT2D eigenvalue weighted by Crippen LogP contribution is -2.20. The molecule has 0 saturated carbocycles. The third-order valence-corrected chi connectivity index (χ3v) is 3.53. The molecule has 1 aromatic heterocycles. The summed E-state index contributed by atoms with van der Waals surface area (Å²) in [4.78, 5) is 25.2. The molecule has 0 aliphatic carbocycles. The Hall–Kier alpha value is -3.55. The van der Waals surface area contributed by atoms with Crippen molar-refractivity contribution in [2.24, 2.45) is 0 Å². The van der Waals surface area contributed by atoms with Gasteiger partial charge in [-0.3, -0.25) is 4.79 Å². The van der Waals surface area contributed by atoms with E-state index in [9.17, 15) is 9.59 Å². The highest BCUT2D eigenvalue weighted by Crippen LogP contribution is 2.17. The monoisotopic (exact) mass is 352 g/mol. The van der Waals surface area contributed by atoms with Crippen LogP contribution in [-0.4, -0.2) is 45.7 Å². The van der Waals surface area contributed by atoms with E-state index in [0.29, 0.717) is 17.1 Å². The number of nitrogens with zero attached hydrogens (tertiary/aromatic N) is 4. The number of aromatic nitrogens is 4. The molecular formula is C18H16N4O4. The SMILES string of the molecule is COc1ccccc1C(=O)COC(=O)Cn1nnc(-c2ccccc2)n1. The van der Waals surface area contributed by atoms with Crippen LogP contribution in [0, 0.1) is 0 Å². The largest absolute Gasteiger partial charge is 0.496 e. The topological polar surface area (TPSA) is 96.2 Å².